The average molecular weight is 515 g/mol. The number of hydrogen-bond donors (Lipinski definition) is 1. The molecule has 0 aliphatic carbocycles. The van der Waals surface area contributed by atoms with Gasteiger partial charge >= 0.3 is 0 Å². The van der Waals surface area contributed by atoms with Crippen LogP contribution in [-0.2, 0) is 16.6 Å². The van der Waals surface area contributed by atoms with Crippen molar-refractivity contribution in [2.45, 2.75) is 19.9 Å². The lowest BCUT2D eigenvalue weighted by Crippen LogP contribution is -2.29. The molecule has 37 heavy (non-hydrogen) atoms. The molecule has 1 fully saturated rings. The SMILES string of the molecule is CC(C)COc1cccc(/C(O)=C2\C(=O)C(=O)N(c3cccc(Cl)c3)C2c2cn(C)c3ccccc23)c1. The van der Waals surface area contributed by atoms with Gasteiger partial charge < -0.3 is 14.4 Å². The van der Waals surface area contributed by atoms with Crippen LogP contribution in [0.3, 0.4) is 0 Å². The van der Waals surface area contributed by atoms with Crippen molar-refractivity contribution in [1.29, 1.82) is 0 Å². The molecular weight excluding hydrogens is 488 g/mol. The van der Waals surface area contributed by atoms with Crippen LogP contribution in [0.25, 0.3) is 16.7 Å². The maximum Gasteiger partial charge on any atom is 0.300 e. The fraction of sp³-hybridized carbons (Fsp3) is 0.200. The number of aromatic nitrogens is 1. The summed E-state index contributed by atoms with van der Waals surface area (Å²) in [7, 11) is 1.91. The van der Waals surface area contributed by atoms with E-state index in [0.717, 1.165) is 16.5 Å². The normalized spacial score (nSPS) is 17.2. The largest absolute Gasteiger partial charge is 0.507 e. The number of fused-ring (bicyclic) bond motifs is 1. The van der Waals surface area contributed by atoms with E-state index in [-0.39, 0.29) is 11.3 Å². The lowest BCUT2D eigenvalue weighted by molar-refractivity contribution is -0.132. The first kappa shape index (κ1) is 24.7. The Morgan fingerprint density at radius 2 is 1.78 bits per heavy atom. The summed E-state index contributed by atoms with van der Waals surface area (Å²) in [5.74, 6) is -0.844. The third-order valence-corrected chi connectivity index (χ3v) is 6.68. The van der Waals surface area contributed by atoms with Gasteiger partial charge in [-0.2, -0.15) is 0 Å². The lowest BCUT2D eigenvalue weighted by atomic mass is 9.94. The van der Waals surface area contributed by atoms with Gasteiger partial charge in [0.1, 0.15) is 11.5 Å². The van der Waals surface area contributed by atoms with E-state index < -0.39 is 17.7 Å². The van der Waals surface area contributed by atoms with Crippen molar-refractivity contribution in [2.75, 3.05) is 11.5 Å². The summed E-state index contributed by atoms with van der Waals surface area (Å²) in [6, 6.07) is 20.7. The molecule has 188 valence electrons. The summed E-state index contributed by atoms with van der Waals surface area (Å²) in [4.78, 5) is 28.4. The van der Waals surface area contributed by atoms with Crippen LogP contribution in [0, 0.1) is 5.92 Å². The second kappa shape index (κ2) is 9.79. The van der Waals surface area contributed by atoms with Gasteiger partial charge in [0, 0.05) is 46.0 Å². The molecule has 1 unspecified atom stereocenters. The number of carbonyl (C=O) groups excluding carboxylic acids is 2. The van der Waals surface area contributed by atoms with Gasteiger partial charge in [-0.25, -0.2) is 0 Å². The molecule has 0 saturated carbocycles. The number of halogens is 1. The number of anilines is 1. The number of amides is 1. The van der Waals surface area contributed by atoms with Gasteiger partial charge in [-0.05, 0) is 42.3 Å². The molecule has 5 rings (SSSR count). The Labute approximate surface area is 220 Å². The van der Waals surface area contributed by atoms with Crippen LogP contribution in [0.5, 0.6) is 5.75 Å². The van der Waals surface area contributed by atoms with E-state index in [1.165, 1.54) is 4.90 Å². The van der Waals surface area contributed by atoms with E-state index in [9.17, 15) is 14.7 Å². The molecular formula is C30H27ClN2O4. The molecule has 1 N–H and O–H groups in total. The van der Waals surface area contributed by atoms with Gasteiger partial charge in [0.15, 0.2) is 0 Å². The number of carbonyl (C=O) groups is 2. The molecule has 3 aromatic carbocycles. The van der Waals surface area contributed by atoms with E-state index in [4.69, 9.17) is 16.3 Å². The Hall–Kier alpha value is -4.03. The van der Waals surface area contributed by atoms with Crippen molar-refractivity contribution in [1.82, 2.24) is 4.57 Å². The third-order valence-electron chi connectivity index (χ3n) is 6.44. The van der Waals surface area contributed by atoms with Gasteiger partial charge in [-0.3, -0.25) is 14.5 Å². The second-order valence-electron chi connectivity index (χ2n) is 9.59. The molecule has 1 aliphatic rings. The molecule has 0 bridgehead atoms. The van der Waals surface area contributed by atoms with Crippen LogP contribution < -0.4 is 9.64 Å². The summed E-state index contributed by atoms with van der Waals surface area (Å²) in [5.41, 5.74) is 2.56. The van der Waals surface area contributed by atoms with Crippen LogP contribution >= 0.6 is 11.6 Å². The monoisotopic (exact) mass is 514 g/mol. The van der Waals surface area contributed by atoms with Crippen LogP contribution in [0.15, 0.2) is 84.6 Å². The third kappa shape index (κ3) is 4.49. The molecule has 0 radical (unpaired) electrons. The fourth-order valence-electron chi connectivity index (χ4n) is 4.76. The molecule has 1 aromatic heterocycles. The van der Waals surface area contributed by atoms with Crippen LogP contribution in [0.1, 0.15) is 31.0 Å². The van der Waals surface area contributed by atoms with Crippen LogP contribution in [-0.4, -0.2) is 28.0 Å². The number of aryl methyl sites for hydroxylation is 1. The maximum atomic E-state index is 13.5. The van der Waals surface area contributed by atoms with Gasteiger partial charge in [-0.15, -0.1) is 0 Å². The predicted octanol–water partition coefficient (Wildman–Crippen LogP) is 6.49. The number of ether oxygens (including phenoxy) is 1. The number of hydrogen-bond acceptors (Lipinski definition) is 4. The van der Waals surface area contributed by atoms with Crippen molar-refractivity contribution in [2.24, 2.45) is 13.0 Å². The highest BCUT2D eigenvalue weighted by Crippen LogP contribution is 2.45. The Balaban J connectivity index is 1.73. The van der Waals surface area contributed by atoms with Crippen molar-refractivity contribution in [3.63, 3.8) is 0 Å². The maximum absolute atomic E-state index is 13.5. The van der Waals surface area contributed by atoms with Crippen LogP contribution in [0.4, 0.5) is 5.69 Å². The molecule has 1 saturated heterocycles. The number of para-hydroxylation sites is 1. The Kier molecular flexibility index (Phi) is 6.52. The molecule has 1 aliphatic heterocycles. The smallest absolute Gasteiger partial charge is 0.300 e. The van der Waals surface area contributed by atoms with E-state index in [1.54, 1.807) is 48.5 Å². The summed E-state index contributed by atoms with van der Waals surface area (Å²) < 4.78 is 7.78. The number of rotatable bonds is 6. The van der Waals surface area contributed by atoms with Gasteiger partial charge in [0.25, 0.3) is 11.7 Å². The molecule has 4 aromatic rings. The standard InChI is InChI=1S/C30H27ClN2O4/c1-18(2)17-37-22-11-6-8-19(14-22)28(34)26-27(24-16-32(3)25-13-5-4-12-23(24)25)33(30(36)29(26)35)21-10-7-9-20(31)15-21/h4-16,18,27,34H,17H2,1-3H3/b28-26+. The van der Waals surface area contributed by atoms with E-state index >= 15 is 0 Å². The molecule has 6 nitrogen and oxygen atoms in total. The van der Waals surface area contributed by atoms with Crippen molar-refractivity contribution in [3.8, 4) is 5.75 Å². The van der Waals surface area contributed by atoms with E-state index in [2.05, 4.69) is 0 Å². The Morgan fingerprint density at radius 3 is 2.54 bits per heavy atom. The zero-order valence-corrected chi connectivity index (χ0v) is 21.6. The molecule has 7 heteroatoms. The second-order valence-corrected chi connectivity index (χ2v) is 10.0. The molecule has 2 heterocycles. The number of aliphatic hydroxyl groups excluding tert-OH is 1. The van der Waals surface area contributed by atoms with E-state index in [0.29, 0.717) is 34.5 Å². The zero-order valence-electron chi connectivity index (χ0n) is 20.8. The lowest BCUT2D eigenvalue weighted by Gasteiger charge is -2.25. The number of nitrogens with zero attached hydrogens (tertiary/aromatic N) is 2. The highest BCUT2D eigenvalue weighted by atomic mass is 35.5. The number of Topliss-reactive ketones (excluding diaryl/α,β-unsaturated/α-hetero) is 1. The highest BCUT2D eigenvalue weighted by molar-refractivity contribution is 6.52. The fourth-order valence-corrected chi connectivity index (χ4v) is 4.95. The molecule has 1 amide bonds. The quantitative estimate of drug-likeness (QED) is 0.181. The van der Waals surface area contributed by atoms with E-state index in [1.807, 2.05) is 55.9 Å². The first-order valence-corrected chi connectivity index (χ1v) is 12.5. The topological polar surface area (TPSA) is 71.8 Å². The minimum atomic E-state index is -0.857. The minimum Gasteiger partial charge on any atom is -0.507 e. The molecule has 0 spiro atoms. The molecule has 1 atom stereocenters. The summed E-state index contributed by atoms with van der Waals surface area (Å²) >= 11 is 6.26. The van der Waals surface area contributed by atoms with Crippen molar-refractivity contribution >= 4 is 45.6 Å². The number of ketones is 1. The van der Waals surface area contributed by atoms with Crippen molar-refractivity contribution in [3.05, 3.63) is 101 Å². The highest BCUT2D eigenvalue weighted by Gasteiger charge is 2.48. The predicted molar refractivity (Wildman–Crippen MR) is 146 cm³/mol. The van der Waals surface area contributed by atoms with Gasteiger partial charge in [0.2, 0.25) is 0 Å². The summed E-state index contributed by atoms with van der Waals surface area (Å²) in [6.07, 6.45) is 1.90. The van der Waals surface area contributed by atoms with Crippen molar-refractivity contribution < 1.29 is 19.4 Å². The first-order valence-electron chi connectivity index (χ1n) is 12.1. The minimum absolute atomic E-state index is 0.0161. The zero-order chi connectivity index (χ0) is 26.3. The van der Waals surface area contributed by atoms with Gasteiger partial charge in [0.05, 0.1) is 18.2 Å². The summed E-state index contributed by atoms with van der Waals surface area (Å²) in [6.45, 7) is 4.61. The Morgan fingerprint density at radius 1 is 1.03 bits per heavy atom. The number of benzene rings is 3. The summed E-state index contributed by atoms with van der Waals surface area (Å²) in [5, 5.41) is 12.8. The average Bonchev–Trinajstić information content (AvgIpc) is 3.35. The van der Waals surface area contributed by atoms with Gasteiger partial charge in [-0.1, -0.05) is 61.8 Å². The van der Waals surface area contributed by atoms with Crippen LogP contribution in [0.2, 0.25) is 5.02 Å². The number of aliphatic hydroxyl groups is 1. The Bertz CT molecular complexity index is 1550. The first-order chi connectivity index (χ1) is 17.8.